The Morgan fingerprint density at radius 2 is 1.95 bits per heavy atom. The Kier molecular flexibility index (Phi) is 5.24. The Morgan fingerprint density at radius 3 is 2.63 bits per heavy atom. The molecule has 5 nitrogen and oxygen atoms in total. The highest BCUT2D eigenvalue weighted by molar-refractivity contribution is 5.74. The van der Waals surface area contributed by atoms with Crippen LogP contribution in [-0.4, -0.2) is 29.6 Å². The molecule has 1 saturated heterocycles. The minimum absolute atomic E-state index is 0.695. The summed E-state index contributed by atoms with van der Waals surface area (Å²) in [6, 6.07) is 0. The van der Waals surface area contributed by atoms with E-state index in [2.05, 4.69) is 27.1 Å². The molecule has 1 aromatic rings. The molecule has 0 unspecified atom stereocenters. The summed E-state index contributed by atoms with van der Waals surface area (Å²) in [7, 11) is 0. The molecule has 0 radical (unpaired) electrons. The number of hydrogen-bond donors (Lipinski definition) is 2. The van der Waals surface area contributed by atoms with Gasteiger partial charge >= 0.3 is 0 Å². The first-order chi connectivity index (χ1) is 9.33. The van der Waals surface area contributed by atoms with E-state index in [0.717, 1.165) is 44.1 Å². The average molecular weight is 263 g/mol. The van der Waals surface area contributed by atoms with E-state index in [1.165, 1.54) is 25.7 Å². The number of nitrogens with zero attached hydrogens (tertiary/aromatic N) is 3. The predicted octanol–water partition coefficient (Wildman–Crippen LogP) is 2.65. The van der Waals surface area contributed by atoms with E-state index in [9.17, 15) is 0 Å². The number of nitrogens with two attached hydrogens (primary N) is 1. The minimum Gasteiger partial charge on any atom is -0.393 e. The van der Waals surface area contributed by atoms with Gasteiger partial charge in [0.05, 0.1) is 0 Å². The van der Waals surface area contributed by atoms with E-state index >= 15 is 0 Å². The molecule has 0 aromatic carbocycles. The molecular weight excluding hydrogens is 238 g/mol. The Hall–Kier alpha value is -1.52. The molecule has 2 rings (SSSR count). The molecular formula is C14H25N5. The van der Waals surface area contributed by atoms with Crippen LogP contribution in [0.15, 0.2) is 6.33 Å². The molecule has 1 aromatic heterocycles. The zero-order valence-corrected chi connectivity index (χ0v) is 11.9. The largest absolute Gasteiger partial charge is 0.393 e. The van der Waals surface area contributed by atoms with Gasteiger partial charge in [-0.2, -0.15) is 0 Å². The van der Waals surface area contributed by atoms with Crippen molar-refractivity contribution in [2.24, 2.45) is 0 Å². The predicted molar refractivity (Wildman–Crippen MR) is 80.5 cm³/mol. The fourth-order valence-corrected chi connectivity index (χ4v) is 2.45. The number of unbranched alkanes of at least 4 members (excludes halogenated alkanes) is 1. The van der Waals surface area contributed by atoms with Crippen molar-refractivity contribution in [1.29, 1.82) is 0 Å². The molecule has 106 valence electrons. The van der Waals surface area contributed by atoms with Crippen LogP contribution in [0.3, 0.4) is 0 Å². The van der Waals surface area contributed by atoms with Crippen LogP contribution in [-0.2, 0) is 0 Å². The summed E-state index contributed by atoms with van der Waals surface area (Å²) < 4.78 is 0. The maximum atomic E-state index is 6.22. The Balaban J connectivity index is 2.09. The fourth-order valence-electron chi connectivity index (χ4n) is 2.45. The molecule has 2 heterocycles. The standard InChI is InChI=1S/C14H25N5/c1-2-3-8-16-13-12(15)14(18-11-17-13)19-9-6-4-5-7-10-19/h11H,2-10,15H2,1H3,(H,16,17,18). The van der Waals surface area contributed by atoms with Gasteiger partial charge in [-0.1, -0.05) is 26.2 Å². The zero-order chi connectivity index (χ0) is 13.5. The van der Waals surface area contributed by atoms with Gasteiger partial charge in [0.2, 0.25) is 0 Å². The molecule has 1 aliphatic rings. The van der Waals surface area contributed by atoms with Crippen LogP contribution >= 0.6 is 0 Å². The van der Waals surface area contributed by atoms with E-state index < -0.39 is 0 Å². The van der Waals surface area contributed by atoms with E-state index in [0.29, 0.717) is 5.69 Å². The van der Waals surface area contributed by atoms with Crippen molar-refractivity contribution in [3.05, 3.63) is 6.33 Å². The first-order valence-electron chi connectivity index (χ1n) is 7.42. The van der Waals surface area contributed by atoms with Crippen molar-refractivity contribution < 1.29 is 0 Å². The molecule has 0 atom stereocenters. The Bertz CT molecular complexity index is 385. The molecule has 0 saturated carbocycles. The van der Waals surface area contributed by atoms with Crippen molar-refractivity contribution in [1.82, 2.24) is 9.97 Å². The van der Waals surface area contributed by atoms with Gasteiger partial charge in [-0.25, -0.2) is 9.97 Å². The summed E-state index contributed by atoms with van der Waals surface area (Å²) in [5, 5.41) is 3.31. The van der Waals surface area contributed by atoms with Crippen LogP contribution in [0, 0.1) is 0 Å². The van der Waals surface area contributed by atoms with Crippen LogP contribution < -0.4 is 16.0 Å². The fraction of sp³-hybridized carbons (Fsp3) is 0.714. The first-order valence-corrected chi connectivity index (χ1v) is 7.42. The van der Waals surface area contributed by atoms with Gasteiger partial charge in [0, 0.05) is 19.6 Å². The molecule has 3 N–H and O–H groups in total. The van der Waals surface area contributed by atoms with E-state index in [-0.39, 0.29) is 0 Å². The van der Waals surface area contributed by atoms with Crippen LogP contribution in [0.5, 0.6) is 0 Å². The normalized spacial score (nSPS) is 16.2. The lowest BCUT2D eigenvalue weighted by Crippen LogP contribution is -2.26. The third kappa shape index (κ3) is 3.72. The molecule has 5 heteroatoms. The molecule has 0 amide bonds. The minimum atomic E-state index is 0.695. The molecule has 0 aliphatic carbocycles. The first kappa shape index (κ1) is 13.9. The van der Waals surface area contributed by atoms with Gasteiger partial charge in [0.15, 0.2) is 11.6 Å². The Labute approximate surface area is 115 Å². The summed E-state index contributed by atoms with van der Waals surface area (Å²) in [6.45, 7) is 5.19. The maximum absolute atomic E-state index is 6.22. The van der Waals surface area contributed by atoms with Crippen LogP contribution in [0.1, 0.15) is 45.4 Å². The van der Waals surface area contributed by atoms with Crippen LogP contribution in [0.4, 0.5) is 17.3 Å². The van der Waals surface area contributed by atoms with Crippen molar-refractivity contribution in [2.45, 2.75) is 45.4 Å². The van der Waals surface area contributed by atoms with Crippen LogP contribution in [0.25, 0.3) is 0 Å². The monoisotopic (exact) mass is 263 g/mol. The third-order valence-corrected chi connectivity index (χ3v) is 3.59. The number of nitrogen functional groups attached to an aromatic ring is 1. The zero-order valence-electron chi connectivity index (χ0n) is 11.9. The third-order valence-electron chi connectivity index (χ3n) is 3.59. The summed E-state index contributed by atoms with van der Waals surface area (Å²) in [6.07, 6.45) is 8.97. The second-order valence-electron chi connectivity index (χ2n) is 5.14. The number of rotatable bonds is 5. The van der Waals surface area contributed by atoms with E-state index in [1.54, 1.807) is 6.33 Å². The van der Waals surface area contributed by atoms with Crippen molar-refractivity contribution in [2.75, 3.05) is 35.6 Å². The van der Waals surface area contributed by atoms with Gasteiger partial charge in [0.1, 0.15) is 12.0 Å². The van der Waals surface area contributed by atoms with Crippen molar-refractivity contribution in [3.63, 3.8) is 0 Å². The lowest BCUT2D eigenvalue weighted by molar-refractivity contribution is 0.726. The number of nitrogens with one attached hydrogen (secondary N) is 1. The maximum Gasteiger partial charge on any atom is 0.157 e. The second kappa shape index (κ2) is 7.16. The van der Waals surface area contributed by atoms with Crippen LogP contribution in [0.2, 0.25) is 0 Å². The molecule has 19 heavy (non-hydrogen) atoms. The number of hydrogen-bond acceptors (Lipinski definition) is 5. The van der Waals surface area contributed by atoms with Gasteiger partial charge in [-0.3, -0.25) is 0 Å². The summed E-state index contributed by atoms with van der Waals surface area (Å²) in [4.78, 5) is 10.9. The number of anilines is 3. The Morgan fingerprint density at radius 1 is 1.21 bits per heavy atom. The lowest BCUT2D eigenvalue weighted by atomic mass is 10.2. The lowest BCUT2D eigenvalue weighted by Gasteiger charge is -2.23. The highest BCUT2D eigenvalue weighted by atomic mass is 15.2. The van der Waals surface area contributed by atoms with E-state index in [4.69, 9.17) is 5.73 Å². The summed E-state index contributed by atoms with van der Waals surface area (Å²) in [5.41, 5.74) is 6.91. The SMILES string of the molecule is CCCCNc1ncnc(N2CCCCCC2)c1N. The van der Waals surface area contributed by atoms with Gasteiger partial charge in [-0.15, -0.1) is 0 Å². The smallest absolute Gasteiger partial charge is 0.157 e. The molecule has 0 spiro atoms. The van der Waals surface area contributed by atoms with E-state index in [1.807, 2.05) is 0 Å². The average Bonchev–Trinajstić information content (AvgIpc) is 2.70. The van der Waals surface area contributed by atoms with Crippen molar-refractivity contribution in [3.8, 4) is 0 Å². The summed E-state index contributed by atoms with van der Waals surface area (Å²) in [5.74, 6) is 1.68. The number of aromatic nitrogens is 2. The quantitative estimate of drug-likeness (QED) is 0.799. The van der Waals surface area contributed by atoms with Gasteiger partial charge in [-0.05, 0) is 19.3 Å². The summed E-state index contributed by atoms with van der Waals surface area (Å²) >= 11 is 0. The molecule has 0 bridgehead atoms. The topological polar surface area (TPSA) is 67.1 Å². The molecule has 1 aliphatic heterocycles. The van der Waals surface area contributed by atoms with Crippen molar-refractivity contribution >= 4 is 17.3 Å². The highest BCUT2D eigenvalue weighted by Gasteiger charge is 2.16. The van der Waals surface area contributed by atoms with Gasteiger partial charge in [0.25, 0.3) is 0 Å². The molecule has 1 fully saturated rings. The second-order valence-corrected chi connectivity index (χ2v) is 5.14. The van der Waals surface area contributed by atoms with Gasteiger partial charge < -0.3 is 16.0 Å². The highest BCUT2D eigenvalue weighted by Crippen LogP contribution is 2.27.